The SMILES string of the molecule is CCC(NC(=O)N1CCCC1C(=O)O)C1CCCCC1. The summed E-state index contributed by atoms with van der Waals surface area (Å²) < 4.78 is 0. The summed E-state index contributed by atoms with van der Waals surface area (Å²) in [6.07, 6.45) is 8.43. The molecule has 1 heterocycles. The molecule has 5 heteroatoms. The first kappa shape index (κ1) is 15.1. The molecule has 1 aliphatic heterocycles. The Bertz CT molecular complexity index is 353. The molecule has 0 aromatic carbocycles. The maximum atomic E-state index is 12.3. The monoisotopic (exact) mass is 282 g/mol. The maximum absolute atomic E-state index is 12.3. The Morgan fingerprint density at radius 3 is 2.50 bits per heavy atom. The lowest BCUT2D eigenvalue weighted by Crippen LogP contribution is -2.50. The third kappa shape index (κ3) is 3.44. The molecule has 20 heavy (non-hydrogen) atoms. The average Bonchev–Trinajstić information content (AvgIpc) is 2.95. The third-order valence-corrected chi connectivity index (χ3v) is 4.77. The summed E-state index contributed by atoms with van der Waals surface area (Å²) in [6, 6.07) is -0.635. The number of carbonyl (C=O) groups is 2. The first-order valence-corrected chi connectivity index (χ1v) is 7.93. The van der Waals surface area contributed by atoms with Crippen molar-refractivity contribution in [3.05, 3.63) is 0 Å². The Balaban J connectivity index is 1.92. The number of carboxylic acids is 1. The van der Waals surface area contributed by atoms with Crippen molar-refractivity contribution in [2.45, 2.75) is 70.4 Å². The van der Waals surface area contributed by atoms with Crippen LogP contribution in [0.15, 0.2) is 0 Å². The molecule has 2 atom stereocenters. The van der Waals surface area contributed by atoms with Crippen LogP contribution in [-0.4, -0.2) is 40.6 Å². The van der Waals surface area contributed by atoms with E-state index in [0.717, 1.165) is 12.8 Å². The largest absolute Gasteiger partial charge is 0.480 e. The molecular weight excluding hydrogens is 256 g/mol. The summed E-state index contributed by atoms with van der Waals surface area (Å²) in [7, 11) is 0. The number of hydrogen-bond donors (Lipinski definition) is 2. The predicted octanol–water partition coefficient (Wildman–Crippen LogP) is 2.60. The molecule has 2 rings (SSSR count). The van der Waals surface area contributed by atoms with Gasteiger partial charge in [-0.25, -0.2) is 9.59 Å². The highest BCUT2D eigenvalue weighted by atomic mass is 16.4. The number of hydrogen-bond acceptors (Lipinski definition) is 2. The van der Waals surface area contributed by atoms with Crippen LogP contribution in [0, 0.1) is 5.92 Å². The van der Waals surface area contributed by atoms with E-state index in [2.05, 4.69) is 12.2 Å². The summed E-state index contributed by atoms with van der Waals surface area (Å²) >= 11 is 0. The van der Waals surface area contributed by atoms with Crippen LogP contribution in [0.5, 0.6) is 0 Å². The zero-order valence-corrected chi connectivity index (χ0v) is 12.3. The van der Waals surface area contributed by atoms with Crippen LogP contribution in [0.3, 0.4) is 0 Å². The van der Waals surface area contributed by atoms with E-state index < -0.39 is 12.0 Å². The molecule has 2 amide bonds. The molecule has 2 N–H and O–H groups in total. The molecular formula is C15H26N2O3. The van der Waals surface area contributed by atoms with Gasteiger partial charge in [0.25, 0.3) is 0 Å². The Hall–Kier alpha value is -1.26. The van der Waals surface area contributed by atoms with Gasteiger partial charge in [-0.3, -0.25) is 0 Å². The summed E-state index contributed by atoms with van der Waals surface area (Å²) in [5, 5.41) is 12.2. The number of amides is 2. The summed E-state index contributed by atoms with van der Waals surface area (Å²) in [6.45, 7) is 2.65. The van der Waals surface area contributed by atoms with Gasteiger partial charge in [-0.2, -0.15) is 0 Å². The van der Waals surface area contributed by atoms with Crippen LogP contribution in [0.1, 0.15) is 58.3 Å². The second kappa shape index (κ2) is 6.95. The van der Waals surface area contributed by atoms with Gasteiger partial charge in [0.2, 0.25) is 0 Å². The van der Waals surface area contributed by atoms with E-state index in [9.17, 15) is 9.59 Å². The Kier molecular flexibility index (Phi) is 5.26. The van der Waals surface area contributed by atoms with Crippen molar-refractivity contribution in [3.63, 3.8) is 0 Å². The van der Waals surface area contributed by atoms with Gasteiger partial charge in [0.05, 0.1) is 0 Å². The molecule has 1 aliphatic carbocycles. The highest BCUT2D eigenvalue weighted by molar-refractivity contribution is 5.83. The van der Waals surface area contributed by atoms with Crippen LogP contribution in [0.25, 0.3) is 0 Å². The summed E-state index contributed by atoms with van der Waals surface area (Å²) in [4.78, 5) is 25.0. The van der Waals surface area contributed by atoms with Gasteiger partial charge in [-0.15, -0.1) is 0 Å². The van der Waals surface area contributed by atoms with E-state index in [1.807, 2.05) is 0 Å². The second-order valence-electron chi connectivity index (χ2n) is 6.05. The Morgan fingerprint density at radius 1 is 1.20 bits per heavy atom. The maximum Gasteiger partial charge on any atom is 0.326 e. The molecule has 1 saturated heterocycles. The van der Waals surface area contributed by atoms with Gasteiger partial charge in [0.15, 0.2) is 0 Å². The van der Waals surface area contributed by atoms with E-state index in [4.69, 9.17) is 5.11 Å². The van der Waals surface area contributed by atoms with Gasteiger partial charge < -0.3 is 15.3 Å². The molecule has 2 unspecified atom stereocenters. The van der Waals surface area contributed by atoms with Crippen LogP contribution < -0.4 is 5.32 Å². The number of likely N-dealkylation sites (tertiary alicyclic amines) is 1. The molecule has 0 aromatic rings. The van der Waals surface area contributed by atoms with E-state index in [1.54, 1.807) is 0 Å². The van der Waals surface area contributed by atoms with Gasteiger partial charge in [-0.1, -0.05) is 26.2 Å². The zero-order valence-electron chi connectivity index (χ0n) is 12.3. The first-order chi connectivity index (χ1) is 9.63. The van der Waals surface area contributed by atoms with Crippen molar-refractivity contribution in [1.82, 2.24) is 10.2 Å². The predicted molar refractivity (Wildman–Crippen MR) is 76.5 cm³/mol. The fourth-order valence-corrected chi connectivity index (χ4v) is 3.60. The lowest BCUT2D eigenvalue weighted by molar-refractivity contribution is -0.141. The Morgan fingerprint density at radius 2 is 1.90 bits per heavy atom. The first-order valence-electron chi connectivity index (χ1n) is 7.93. The fraction of sp³-hybridized carbons (Fsp3) is 0.867. The number of rotatable bonds is 4. The third-order valence-electron chi connectivity index (χ3n) is 4.77. The minimum Gasteiger partial charge on any atom is -0.480 e. The van der Waals surface area contributed by atoms with Crippen molar-refractivity contribution in [1.29, 1.82) is 0 Å². The zero-order chi connectivity index (χ0) is 14.5. The molecule has 114 valence electrons. The average molecular weight is 282 g/mol. The highest BCUT2D eigenvalue weighted by Gasteiger charge is 2.35. The lowest BCUT2D eigenvalue weighted by Gasteiger charge is -2.32. The van der Waals surface area contributed by atoms with E-state index in [0.29, 0.717) is 18.9 Å². The number of nitrogens with one attached hydrogen (secondary N) is 1. The normalized spacial score (nSPS) is 25.4. The van der Waals surface area contributed by atoms with Crippen LogP contribution >= 0.6 is 0 Å². The van der Waals surface area contributed by atoms with Crippen LogP contribution in [0.4, 0.5) is 4.79 Å². The van der Waals surface area contributed by atoms with Gasteiger partial charge in [0, 0.05) is 12.6 Å². The van der Waals surface area contributed by atoms with E-state index in [-0.39, 0.29) is 12.1 Å². The molecule has 2 aliphatic rings. The number of carboxylic acid groups (broad SMARTS) is 1. The Labute approximate surface area is 120 Å². The molecule has 0 spiro atoms. The quantitative estimate of drug-likeness (QED) is 0.832. The standard InChI is InChI=1S/C15H26N2O3/c1-2-12(11-7-4-3-5-8-11)16-15(20)17-10-6-9-13(17)14(18)19/h11-13H,2-10H2,1H3,(H,16,20)(H,18,19). The fourth-order valence-electron chi connectivity index (χ4n) is 3.60. The topological polar surface area (TPSA) is 69.6 Å². The van der Waals surface area contributed by atoms with Crippen LogP contribution in [0.2, 0.25) is 0 Å². The van der Waals surface area contributed by atoms with Gasteiger partial charge in [0.1, 0.15) is 6.04 Å². The van der Waals surface area contributed by atoms with Gasteiger partial charge in [-0.05, 0) is 38.0 Å². The molecule has 2 fully saturated rings. The van der Waals surface area contributed by atoms with Crippen molar-refractivity contribution < 1.29 is 14.7 Å². The molecule has 0 bridgehead atoms. The minimum atomic E-state index is -0.886. The molecule has 1 saturated carbocycles. The van der Waals surface area contributed by atoms with E-state index in [1.165, 1.54) is 37.0 Å². The number of urea groups is 1. The summed E-state index contributed by atoms with van der Waals surface area (Å²) in [5.41, 5.74) is 0. The number of carbonyl (C=O) groups excluding carboxylic acids is 1. The number of aliphatic carboxylic acids is 1. The highest BCUT2D eigenvalue weighted by Crippen LogP contribution is 2.28. The van der Waals surface area contributed by atoms with E-state index >= 15 is 0 Å². The molecule has 0 aromatic heterocycles. The molecule has 5 nitrogen and oxygen atoms in total. The molecule has 0 radical (unpaired) electrons. The summed E-state index contributed by atoms with van der Waals surface area (Å²) in [5.74, 6) is -0.327. The van der Waals surface area contributed by atoms with Crippen LogP contribution in [-0.2, 0) is 4.79 Å². The van der Waals surface area contributed by atoms with Crippen molar-refractivity contribution in [2.75, 3.05) is 6.54 Å². The minimum absolute atomic E-state index is 0.188. The second-order valence-corrected chi connectivity index (χ2v) is 6.05. The number of nitrogens with zero attached hydrogens (tertiary/aromatic N) is 1. The van der Waals surface area contributed by atoms with Crippen molar-refractivity contribution >= 4 is 12.0 Å². The van der Waals surface area contributed by atoms with Crippen molar-refractivity contribution in [3.8, 4) is 0 Å². The van der Waals surface area contributed by atoms with Crippen molar-refractivity contribution in [2.24, 2.45) is 5.92 Å². The van der Waals surface area contributed by atoms with Gasteiger partial charge >= 0.3 is 12.0 Å². The lowest BCUT2D eigenvalue weighted by atomic mass is 9.83. The smallest absolute Gasteiger partial charge is 0.326 e.